The summed E-state index contributed by atoms with van der Waals surface area (Å²) in [6.45, 7) is 1.52. The van der Waals surface area contributed by atoms with Gasteiger partial charge in [-0.1, -0.05) is 24.3 Å². The summed E-state index contributed by atoms with van der Waals surface area (Å²) >= 11 is 3.43. The van der Waals surface area contributed by atoms with Crippen LogP contribution in [0.1, 0.15) is 30.3 Å². The van der Waals surface area contributed by atoms with E-state index in [9.17, 15) is 4.79 Å². The van der Waals surface area contributed by atoms with E-state index in [4.69, 9.17) is 4.98 Å². The average molecular weight is 399 g/mol. The summed E-state index contributed by atoms with van der Waals surface area (Å²) in [6.07, 6.45) is 5.51. The van der Waals surface area contributed by atoms with Gasteiger partial charge >= 0.3 is 0 Å². The fourth-order valence-electron chi connectivity index (χ4n) is 3.78. The van der Waals surface area contributed by atoms with Gasteiger partial charge in [-0.05, 0) is 43.4 Å². The average Bonchev–Trinajstić information content (AvgIpc) is 3.13. The van der Waals surface area contributed by atoms with Crippen molar-refractivity contribution in [2.45, 2.75) is 30.2 Å². The summed E-state index contributed by atoms with van der Waals surface area (Å²) in [7, 11) is 0. The van der Waals surface area contributed by atoms with Gasteiger partial charge in [-0.25, -0.2) is 4.98 Å². The number of anilines is 1. The Kier molecular flexibility index (Phi) is 5.76. The Morgan fingerprint density at radius 1 is 1.22 bits per heavy atom. The lowest BCUT2D eigenvalue weighted by atomic mass is 10.0. The minimum Gasteiger partial charge on any atom is -0.320 e. The Labute approximate surface area is 168 Å². The van der Waals surface area contributed by atoms with Gasteiger partial charge in [0.15, 0.2) is 11.6 Å². The highest BCUT2D eigenvalue weighted by Gasteiger charge is 2.32. The van der Waals surface area contributed by atoms with E-state index in [1.54, 1.807) is 23.1 Å². The summed E-state index contributed by atoms with van der Waals surface area (Å²) < 4.78 is 1.23. The summed E-state index contributed by atoms with van der Waals surface area (Å²) in [5.74, 6) is 0.0829. The van der Waals surface area contributed by atoms with Crippen molar-refractivity contribution >= 4 is 44.9 Å². The molecule has 0 spiro atoms. The molecule has 2 N–H and O–H groups in total. The van der Waals surface area contributed by atoms with Crippen LogP contribution in [0.15, 0.2) is 53.4 Å². The molecule has 1 amide bonds. The number of likely N-dealkylation sites (tertiary alicyclic amines) is 1. The fourth-order valence-corrected chi connectivity index (χ4v) is 5.49. The third-order valence-corrected chi connectivity index (χ3v) is 7.06. The molecule has 3 aromatic rings. The van der Waals surface area contributed by atoms with Crippen molar-refractivity contribution in [3.63, 3.8) is 0 Å². The number of hydrogen-bond donors (Lipinski definition) is 2. The maximum atomic E-state index is 12.7. The molecule has 0 saturated carbocycles. The van der Waals surface area contributed by atoms with Crippen LogP contribution < -0.4 is 10.2 Å². The standard InChI is InChI=1S/C21H23N3OS2/c1-26-18-11-4-2-8-15(18)22-20(25)14-24-13-7-6-10-17(24)21-23-16-9-3-5-12-19(16)27-21/h2-5,8-9,11-12,17H,6-7,10,13-14H2,1H3,(H,22,25)/p+1/t17-/m0/s1. The number of amides is 1. The molecule has 2 aromatic carbocycles. The number of aromatic nitrogens is 1. The highest BCUT2D eigenvalue weighted by Crippen LogP contribution is 2.29. The third kappa shape index (κ3) is 4.18. The first-order chi connectivity index (χ1) is 13.2. The zero-order valence-corrected chi connectivity index (χ0v) is 17.0. The molecule has 2 heterocycles. The first kappa shape index (κ1) is 18.5. The van der Waals surface area contributed by atoms with Crippen LogP contribution in [-0.2, 0) is 4.79 Å². The SMILES string of the molecule is CSc1ccccc1NC(=O)C[NH+]1CCCC[C@H]1c1nc2ccccc2s1. The van der Waals surface area contributed by atoms with Gasteiger partial charge < -0.3 is 10.2 Å². The van der Waals surface area contributed by atoms with Gasteiger partial charge in [-0.3, -0.25) is 4.79 Å². The highest BCUT2D eigenvalue weighted by molar-refractivity contribution is 7.98. The largest absolute Gasteiger partial charge is 0.320 e. The van der Waals surface area contributed by atoms with Gasteiger partial charge in [0.25, 0.3) is 5.91 Å². The predicted octanol–water partition coefficient (Wildman–Crippen LogP) is 3.77. The van der Waals surface area contributed by atoms with Gasteiger partial charge in [0.05, 0.1) is 22.4 Å². The number of fused-ring (bicyclic) bond motifs is 1. The van der Waals surface area contributed by atoms with Crippen LogP contribution in [0.2, 0.25) is 0 Å². The number of rotatable bonds is 5. The van der Waals surface area contributed by atoms with Crippen molar-refractivity contribution in [3.8, 4) is 0 Å². The molecule has 0 bridgehead atoms. The molecule has 0 radical (unpaired) electrons. The Morgan fingerprint density at radius 2 is 2.04 bits per heavy atom. The molecule has 1 aromatic heterocycles. The number of para-hydroxylation sites is 2. The maximum Gasteiger partial charge on any atom is 0.279 e. The molecule has 1 aliphatic heterocycles. The van der Waals surface area contributed by atoms with Crippen LogP contribution >= 0.6 is 23.1 Å². The van der Waals surface area contributed by atoms with Crippen LogP contribution in [0.5, 0.6) is 0 Å². The van der Waals surface area contributed by atoms with E-state index >= 15 is 0 Å². The minimum atomic E-state index is 0.0829. The summed E-state index contributed by atoms with van der Waals surface area (Å²) in [4.78, 5) is 20.0. The van der Waals surface area contributed by atoms with Crippen molar-refractivity contribution in [1.82, 2.24) is 4.98 Å². The number of nitrogens with zero attached hydrogens (tertiary/aromatic N) is 1. The number of carbonyl (C=O) groups excluding carboxylic acids is 1. The van der Waals surface area contributed by atoms with Crippen LogP contribution in [0.4, 0.5) is 5.69 Å². The maximum absolute atomic E-state index is 12.7. The molecule has 2 atom stereocenters. The first-order valence-electron chi connectivity index (χ1n) is 9.37. The predicted molar refractivity (Wildman–Crippen MR) is 114 cm³/mol. The van der Waals surface area contributed by atoms with Crippen LogP contribution in [0.25, 0.3) is 10.2 Å². The first-order valence-corrected chi connectivity index (χ1v) is 11.4. The van der Waals surface area contributed by atoms with E-state index < -0.39 is 0 Å². The lowest BCUT2D eigenvalue weighted by Gasteiger charge is -2.30. The molecule has 6 heteroatoms. The number of quaternary nitrogens is 1. The van der Waals surface area contributed by atoms with Crippen LogP contribution in [0.3, 0.4) is 0 Å². The number of benzene rings is 2. The molecule has 1 aliphatic rings. The molecule has 1 saturated heterocycles. The zero-order chi connectivity index (χ0) is 18.6. The lowest BCUT2D eigenvalue weighted by Crippen LogP contribution is -3.14. The normalized spacial score (nSPS) is 19.9. The van der Waals surface area contributed by atoms with E-state index in [-0.39, 0.29) is 5.91 Å². The van der Waals surface area contributed by atoms with E-state index in [2.05, 4.69) is 23.5 Å². The number of thiazole rings is 1. The lowest BCUT2D eigenvalue weighted by molar-refractivity contribution is -0.929. The monoisotopic (exact) mass is 398 g/mol. The molecule has 27 heavy (non-hydrogen) atoms. The van der Waals surface area contributed by atoms with Crippen molar-refractivity contribution in [1.29, 1.82) is 0 Å². The van der Waals surface area contributed by atoms with E-state index in [0.29, 0.717) is 12.6 Å². The second-order valence-corrected chi connectivity index (χ2v) is 8.81. The second kappa shape index (κ2) is 8.42. The van der Waals surface area contributed by atoms with Crippen molar-refractivity contribution < 1.29 is 9.69 Å². The summed E-state index contributed by atoms with van der Waals surface area (Å²) in [5, 5.41) is 4.28. The molecule has 0 aliphatic carbocycles. The van der Waals surface area contributed by atoms with E-state index in [1.165, 1.54) is 27.4 Å². The van der Waals surface area contributed by atoms with Crippen molar-refractivity contribution in [2.24, 2.45) is 0 Å². The van der Waals surface area contributed by atoms with Gasteiger partial charge in [0, 0.05) is 11.3 Å². The quantitative estimate of drug-likeness (QED) is 0.643. The Hall–Kier alpha value is -1.89. The summed E-state index contributed by atoms with van der Waals surface area (Å²) in [5.41, 5.74) is 1.98. The Bertz CT molecular complexity index is 907. The number of hydrogen-bond acceptors (Lipinski definition) is 4. The summed E-state index contributed by atoms with van der Waals surface area (Å²) in [6, 6.07) is 16.6. The van der Waals surface area contributed by atoms with Crippen molar-refractivity contribution in [2.75, 3.05) is 24.7 Å². The minimum absolute atomic E-state index is 0.0829. The highest BCUT2D eigenvalue weighted by atomic mass is 32.2. The third-order valence-electron chi connectivity index (χ3n) is 5.11. The number of nitrogens with one attached hydrogen (secondary N) is 2. The Balaban J connectivity index is 1.49. The van der Waals surface area contributed by atoms with Crippen LogP contribution in [0, 0.1) is 0 Å². The van der Waals surface area contributed by atoms with Crippen LogP contribution in [-0.4, -0.2) is 30.2 Å². The van der Waals surface area contributed by atoms with E-state index in [0.717, 1.165) is 29.1 Å². The molecular formula is C21H24N3OS2+. The van der Waals surface area contributed by atoms with Gasteiger partial charge in [0.1, 0.15) is 6.04 Å². The number of thioether (sulfide) groups is 1. The Morgan fingerprint density at radius 3 is 2.89 bits per heavy atom. The molecular weight excluding hydrogens is 374 g/mol. The molecule has 4 rings (SSSR count). The topological polar surface area (TPSA) is 46.4 Å². The van der Waals surface area contributed by atoms with Gasteiger partial charge in [-0.2, -0.15) is 0 Å². The number of piperidine rings is 1. The van der Waals surface area contributed by atoms with Gasteiger partial charge in [-0.15, -0.1) is 23.1 Å². The molecule has 4 nitrogen and oxygen atoms in total. The molecule has 140 valence electrons. The van der Waals surface area contributed by atoms with Gasteiger partial charge in [0.2, 0.25) is 0 Å². The smallest absolute Gasteiger partial charge is 0.279 e. The fraction of sp³-hybridized carbons (Fsp3) is 0.333. The molecule has 1 fully saturated rings. The zero-order valence-electron chi connectivity index (χ0n) is 15.4. The number of carbonyl (C=O) groups is 1. The van der Waals surface area contributed by atoms with E-state index in [1.807, 2.05) is 36.6 Å². The second-order valence-electron chi connectivity index (χ2n) is 6.90. The molecule has 1 unspecified atom stereocenters. The van der Waals surface area contributed by atoms with Crippen molar-refractivity contribution in [3.05, 3.63) is 53.5 Å².